The van der Waals surface area contributed by atoms with Crippen molar-refractivity contribution in [3.8, 4) is 0 Å². The summed E-state index contributed by atoms with van der Waals surface area (Å²) in [6.07, 6.45) is 5.25. The quantitative estimate of drug-likeness (QED) is 0.414. The third-order valence-corrected chi connectivity index (χ3v) is 1.49. The summed E-state index contributed by atoms with van der Waals surface area (Å²) in [7, 11) is 0. The highest BCUT2D eigenvalue weighted by molar-refractivity contribution is 9.12. The molecule has 2 nitrogen and oxygen atoms in total. The lowest BCUT2D eigenvalue weighted by Crippen LogP contribution is -2.02. The molecule has 62 valence electrons. The molecule has 0 rings (SSSR count). The molecule has 0 aliphatic rings. The maximum Gasteiger partial charge on any atom is 0.345 e. The van der Waals surface area contributed by atoms with Gasteiger partial charge in [0.2, 0.25) is 0 Å². The Balaban J connectivity index is 4.00. The van der Waals surface area contributed by atoms with E-state index < -0.39 is 0 Å². The second kappa shape index (κ2) is 6.16. The van der Waals surface area contributed by atoms with Crippen molar-refractivity contribution in [3.05, 3.63) is 22.7 Å². The Bertz CT molecular complexity index is 183. The van der Waals surface area contributed by atoms with Crippen LogP contribution < -0.4 is 0 Å². The molecule has 0 aromatic heterocycles. The van der Waals surface area contributed by atoms with Crippen LogP contribution in [0.4, 0.5) is 0 Å². The maximum atomic E-state index is 10.9. The van der Waals surface area contributed by atoms with Gasteiger partial charge in [0, 0.05) is 0 Å². The van der Waals surface area contributed by atoms with E-state index >= 15 is 0 Å². The number of ether oxygens (including phenoxy) is 1. The number of halogens is 1. The number of allylic oxidation sites excluding steroid dienone is 3. The number of hydrogen-bond donors (Lipinski definition) is 0. The van der Waals surface area contributed by atoms with Gasteiger partial charge in [-0.15, -0.1) is 0 Å². The van der Waals surface area contributed by atoms with Crippen molar-refractivity contribution in [1.29, 1.82) is 0 Å². The predicted octanol–water partition coefficient (Wildman–Crippen LogP) is 2.40. The molecular formula is C8H11BrO2. The Hall–Kier alpha value is -0.570. The van der Waals surface area contributed by atoms with Crippen molar-refractivity contribution < 1.29 is 9.53 Å². The average Bonchev–Trinajstić information content (AvgIpc) is 2.00. The molecule has 0 aliphatic carbocycles. The molecule has 0 atom stereocenters. The van der Waals surface area contributed by atoms with E-state index in [4.69, 9.17) is 4.74 Å². The van der Waals surface area contributed by atoms with Gasteiger partial charge in [-0.05, 0) is 35.9 Å². The summed E-state index contributed by atoms with van der Waals surface area (Å²) >= 11 is 3.08. The van der Waals surface area contributed by atoms with Gasteiger partial charge >= 0.3 is 5.97 Å². The molecule has 11 heavy (non-hydrogen) atoms. The van der Waals surface area contributed by atoms with Crippen molar-refractivity contribution in [3.63, 3.8) is 0 Å². The van der Waals surface area contributed by atoms with Crippen molar-refractivity contribution >= 4 is 21.9 Å². The molecule has 3 heteroatoms. The third-order valence-electron chi connectivity index (χ3n) is 0.905. The lowest BCUT2D eigenvalue weighted by Gasteiger charge is -1.97. The summed E-state index contributed by atoms with van der Waals surface area (Å²) in [4.78, 5) is 10.9. The Kier molecular flexibility index (Phi) is 5.84. The van der Waals surface area contributed by atoms with Crippen LogP contribution in [0, 0.1) is 0 Å². The van der Waals surface area contributed by atoms with Crippen LogP contribution in [0.5, 0.6) is 0 Å². The second-order valence-corrected chi connectivity index (χ2v) is 2.62. The van der Waals surface area contributed by atoms with Crippen LogP contribution in [0.25, 0.3) is 0 Å². The Morgan fingerprint density at radius 1 is 1.64 bits per heavy atom. The first kappa shape index (κ1) is 10.4. The van der Waals surface area contributed by atoms with Crippen LogP contribution in [0.15, 0.2) is 22.7 Å². The van der Waals surface area contributed by atoms with Gasteiger partial charge in [0.25, 0.3) is 0 Å². The van der Waals surface area contributed by atoms with Crippen LogP contribution >= 0.6 is 15.9 Å². The molecule has 0 aromatic carbocycles. The topological polar surface area (TPSA) is 26.3 Å². The van der Waals surface area contributed by atoms with Crippen molar-refractivity contribution in [1.82, 2.24) is 0 Å². The highest BCUT2D eigenvalue weighted by Crippen LogP contribution is 2.06. The first-order chi connectivity index (χ1) is 5.22. The fourth-order valence-corrected chi connectivity index (χ4v) is 0.716. The molecule has 0 spiro atoms. The summed E-state index contributed by atoms with van der Waals surface area (Å²) in [5.41, 5.74) is 0. The third kappa shape index (κ3) is 4.79. The van der Waals surface area contributed by atoms with Gasteiger partial charge in [-0.25, -0.2) is 4.79 Å². The highest BCUT2D eigenvalue weighted by atomic mass is 79.9. The zero-order valence-corrected chi connectivity index (χ0v) is 8.22. The maximum absolute atomic E-state index is 10.9. The molecule has 0 saturated carbocycles. The minimum atomic E-state index is -0.328. The largest absolute Gasteiger partial charge is 0.462 e. The molecule has 0 bridgehead atoms. The molecule has 0 heterocycles. The molecule has 0 radical (unpaired) electrons. The van der Waals surface area contributed by atoms with E-state index in [1.54, 1.807) is 19.1 Å². The smallest absolute Gasteiger partial charge is 0.345 e. The van der Waals surface area contributed by atoms with Crippen molar-refractivity contribution in [2.75, 3.05) is 6.61 Å². The van der Waals surface area contributed by atoms with Crippen LogP contribution in [0.1, 0.15) is 13.8 Å². The Morgan fingerprint density at radius 2 is 2.27 bits per heavy atom. The molecule has 0 saturated heterocycles. The molecule has 0 fully saturated rings. The molecular weight excluding hydrogens is 208 g/mol. The van der Waals surface area contributed by atoms with Crippen molar-refractivity contribution in [2.24, 2.45) is 0 Å². The zero-order valence-electron chi connectivity index (χ0n) is 6.63. The second-order valence-electron chi connectivity index (χ2n) is 1.76. The van der Waals surface area contributed by atoms with Gasteiger partial charge in [0.1, 0.15) is 4.48 Å². The first-order valence-corrected chi connectivity index (χ1v) is 4.17. The number of hydrogen-bond acceptors (Lipinski definition) is 2. The fourth-order valence-electron chi connectivity index (χ4n) is 0.449. The average molecular weight is 219 g/mol. The molecule has 0 N–H and O–H groups in total. The lowest BCUT2D eigenvalue weighted by atomic mass is 10.4. The van der Waals surface area contributed by atoms with Gasteiger partial charge in [-0.2, -0.15) is 0 Å². The van der Waals surface area contributed by atoms with Gasteiger partial charge < -0.3 is 4.74 Å². The first-order valence-electron chi connectivity index (χ1n) is 3.38. The summed E-state index contributed by atoms with van der Waals surface area (Å²) in [6, 6.07) is 0. The summed E-state index contributed by atoms with van der Waals surface area (Å²) < 4.78 is 5.15. The Morgan fingerprint density at radius 3 is 2.73 bits per heavy atom. The van der Waals surface area contributed by atoms with E-state index in [2.05, 4.69) is 15.9 Å². The van der Waals surface area contributed by atoms with Crippen LogP contribution in [0.3, 0.4) is 0 Å². The predicted molar refractivity (Wildman–Crippen MR) is 48.5 cm³/mol. The van der Waals surface area contributed by atoms with E-state index in [0.29, 0.717) is 11.1 Å². The summed E-state index contributed by atoms with van der Waals surface area (Å²) in [5.74, 6) is -0.328. The minimum absolute atomic E-state index is 0.328. The minimum Gasteiger partial charge on any atom is -0.462 e. The standard InChI is InChI=1S/C8H11BrO2/c1-3-5-6-7(9)8(10)11-4-2/h3,5-6H,4H2,1-2H3/b5-3+,7-6+. The van der Waals surface area contributed by atoms with E-state index in [1.807, 2.05) is 13.0 Å². The lowest BCUT2D eigenvalue weighted by molar-refractivity contribution is -0.137. The van der Waals surface area contributed by atoms with E-state index in [9.17, 15) is 4.79 Å². The zero-order chi connectivity index (χ0) is 8.69. The SMILES string of the molecule is C/C=C/C=C(/Br)C(=O)OCC. The number of esters is 1. The Labute approximate surface area is 75.1 Å². The van der Waals surface area contributed by atoms with Crippen molar-refractivity contribution in [2.45, 2.75) is 13.8 Å². The number of rotatable bonds is 3. The van der Waals surface area contributed by atoms with E-state index in [0.717, 1.165) is 0 Å². The molecule has 0 aromatic rings. The summed E-state index contributed by atoms with van der Waals surface area (Å²) in [6.45, 7) is 4.05. The van der Waals surface area contributed by atoms with Crippen LogP contribution in [-0.2, 0) is 9.53 Å². The van der Waals surface area contributed by atoms with Crippen LogP contribution in [0.2, 0.25) is 0 Å². The molecule has 0 amide bonds. The number of carbonyl (C=O) groups excluding carboxylic acids is 1. The van der Waals surface area contributed by atoms with E-state index in [1.165, 1.54) is 0 Å². The monoisotopic (exact) mass is 218 g/mol. The van der Waals surface area contributed by atoms with Gasteiger partial charge in [0.15, 0.2) is 0 Å². The van der Waals surface area contributed by atoms with Gasteiger partial charge in [-0.1, -0.05) is 12.2 Å². The fraction of sp³-hybridized carbons (Fsp3) is 0.375. The number of carbonyl (C=O) groups is 1. The highest BCUT2D eigenvalue weighted by Gasteiger charge is 2.03. The normalized spacial score (nSPS) is 12.1. The van der Waals surface area contributed by atoms with Gasteiger partial charge in [-0.3, -0.25) is 0 Å². The van der Waals surface area contributed by atoms with Crippen LogP contribution in [-0.4, -0.2) is 12.6 Å². The molecule has 0 aliphatic heterocycles. The van der Waals surface area contributed by atoms with E-state index in [-0.39, 0.29) is 5.97 Å². The van der Waals surface area contributed by atoms with Gasteiger partial charge in [0.05, 0.1) is 6.61 Å². The summed E-state index contributed by atoms with van der Waals surface area (Å²) in [5, 5.41) is 0. The molecule has 0 unspecified atom stereocenters.